The van der Waals surface area contributed by atoms with Crippen LogP contribution in [0.1, 0.15) is 10.4 Å². The van der Waals surface area contributed by atoms with Gasteiger partial charge in [0.15, 0.2) is 0 Å². The largest absolute Gasteiger partial charge is 0.320 e. The van der Waals surface area contributed by atoms with Gasteiger partial charge >= 0.3 is 0 Å². The molecule has 0 aliphatic heterocycles. The molecule has 2 aromatic rings. The van der Waals surface area contributed by atoms with Crippen LogP contribution in [0.3, 0.4) is 0 Å². The Hall–Kier alpha value is -1.24. The van der Waals surface area contributed by atoms with Crippen LogP contribution in [-0.4, -0.2) is 19.9 Å². The molecule has 5 nitrogen and oxygen atoms in total. The van der Waals surface area contributed by atoms with E-state index in [1.54, 1.807) is 0 Å². The van der Waals surface area contributed by atoms with Crippen LogP contribution in [0.25, 0.3) is 0 Å². The van der Waals surface area contributed by atoms with Gasteiger partial charge in [0.1, 0.15) is 4.90 Å². The second kappa shape index (κ2) is 7.15. The molecule has 21 heavy (non-hydrogen) atoms. The van der Waals surface area contributed by atoms with Gasteiger partial charge in [0.25, 0.3) is 0 Å². The van der Waals surface area contributed by atoms with Crippen molar-refractivity contribution in [2.24, 2.45) is 5.73 Å². The van der Waals surface area contributed by atoms with E-state index in [0.717, 1.165) is 9.35 Å². The van der Waals surface area contributed by atoms with Gasteiger partial charge < -0.3 is 5.73 Å². The molecule has 110 valence electrons. The highest BCUT2D eigenvalue weighted by atomic mass is 79.9. The van der Waals surface area contributed by atoms with Crippen molar-refractivity contribution in [2.75, 3.05) is 6.54 Å². The van der Waals surface area contributed by atoms with E-state index in [-0.39, 0.29) is 18.0 Å². The predicted molar refractivity (Wildman–Crippen MR) is 86.2 cm³/mol. The zero-order chi connectivity index (χ0) is 15.3. The number of nitrogens with one attached hydrogen (secondary N) is 1. The number of nitrogens with zero attached hydrogens (tertiary/aromatic N) is 1. The van der Waals surface area contributed by atoms with Gasteiger partial charge in [-0.1, -0.05) is 11.8 Å². The van der Waals surface area contributed by atoms with Crippen molar-refractivity contribution < 1.29 is 8.42 Å². The maximum Gasteiger partial charge on any atom is 0.242 e. The Kier molecular flexibility index (Phi) is 5.50. The van der Waals surface area contributed by atoms with Crippen molar-refractivity contribution in [3.05, 3.63) is 44.8 Å². The van der Waals surface area contributed by atoms with Gasteiger partial charge in [-0.25, -0.2) is 13.1 Å². The van der Waals surface area contributed by atoms with Crippen molar-refractivity contribution >= 4 is 37.3 Å². The number of hydrogen-bond acceptors (Lipinski definition) is 5. The van der Waals surface area contributed by atoms with Crippen LogP contribution >= 0.6 is 27.3 Å². The van der Waals surface area contributed by atoms with Crippen LogP contribution < -0.4 is 10.5 Å². The first kappa shape index (κ1) is 16.1. The highest BCUT2D eigenvalue weighted by Crippen LogP contribution is 2.20. The Morgan fingerprint density at radius 3 is 2.86 bits per heavy atom. The average molecular weight is 386 g/mol. The fourth-order valence-electron chi connectivity index (χ4n) is 1.48. The Balaban J connectivity index is 2.15. The molecule has 0 spiro atoms. The summed E-state index contributed by atoms with van der Waals surface area (Å²) in [5.41, 5.74) is 5.80. The molecule has 2 rings (SSSR count). The molecule has 0 fully saturated rings. The van der Waals surface area contributed by atoms with Crippen LogP contribution in [0.2, 0.25) is 0 Å². The minimum atomic E-state index is -3.62. The molecule has 0 atom stereocenters. The first-order valence-electron chi connectivity index (χ1n) is 5.88. The lowest BCUT2D eigenvalue weighted by molar-refractivity contribution is 0.581. The zero-order valence-electron chi connectivity index (χ0n) is 10.8. The predicted octanol–water partition coefficient (Wildman–Crippen LogP) is 1.69. The standard InChI is InChI=1S/C13H12BrN3O2S2/c14-11-5-12(20-9-11)7-17-21(18,19)13-4-10(2-1-3-15)6-16-8-13/h4-6,8-9,17H,3,7,15H2. The number of thiophene rings is 1. The molecular formula is C13H12BrN3O2S2. The Bertz CT molecular complexity index is 791. The molecule has 0 unspecified atom stereocenters. The average Bonchev–Trinajstić information content (AvgIpc) is 2.89. The summed E-state index contributed by atoms with van der Waals surface area (Å²) in [6, 6.07) is 3.34. The number of hydrogen-bond donors (Lipinski definition) is 2. The first-order chi connectivity index (χ1) is 10.0. The number of nitrogens with two attached hydrogens (primary N) is 1. The van der Waals surface area contributed by atoms with Gasteiger partial charge in [0.05, 0.1) is 6.54 Å². The van der Waals surface area contributed by atoms with Crippen LogP contribution in [-0.2, 0) is 16.6 Å². The normalized spacial score (nSPS) is 11.0. The molecule has 0 aliphatic carbocycles. The van der Waals surface area contributed by atoms with Crippen molar-refractivity contribution in [1.82, 2.24) is 9.71 Å². The van der Waals surface area contributed by atoms with Crippen molar-refractivity contribution in [2.45, 2.75) is 11.4 Å². The number of sulfonamides is 1. The van der Waals surface area contributed by atoms with E-state index >= 15 is 0 Å². The summed E-state index contributed by atoms with van der Waals surface area (Å²) >= 11 is 4.80. The summed E-state index contributed by atoms with van der Waals surface area (Å²) in [6.07, 6.45) is 2.79. The lowest BCUT2D eigenvalue weighted by Gasteiger charge is -2.05. The van der Waals surface area contributed by atoms with E-state index in [4.69, 9.17) is 5.73 Å². The minimum Gasteiger partial charge on any atom is -0.320 e. The van der Waals surface area contributed by atoms with Gasteiger partial charge in [-0.3, -0.25) is 4.98 Å². The van der Waals surface area contributed by atoms with Crippen LogP contribution in [0.4, 0.5) is 0 Å². The van der Waals surface area contributed by atoms with Gasteiger partial charge in [-0.15, -0.1) is 11.3 Å². The van der Waals surface area contributed by atoms with E-state index < -0.39 is 10.0 Å². The van der Waals surface area contributed by atoms with Crippen molar-refractivity contribution in [1.29, 1.82) is 0 Å². The van der Waals surface area contributed by atoms with E-state index in [0.29, 0.717) is 5.56 Å². The van der Waals surface area contributed by atoms with Crippen molar-refractivity contribution in [3.8, 4) is 11.8 Å². The number of halogens is 1. The van der Waals surface area contributed by atoms with E-state index in [2.05, 4.69) is 37.5 Å². The van der Waals surface area contributed by atoms with Gasteiger partial charge in [-0.2, -0.15) is 0 Å². The summed E-state index contributed by atoms with van der Waals surface area (Å²) in [5.74, 6) is 5.42. The molecule has 3 N–H and O–H groups in total. The SMILES string of the molecule is NCC#Cc1cncc(S(=O)(=O)NCc2cc(Br)cs2)c1. The third-order valence-corrected chi connectivity index (χ3v) is 5.48. The quantitative estimate of drug-likeness (QED) is 0.784. The zero-order valence-corrected chi connectivity index (χ0v) is 14.1. The lowest BCUT2D eigenvalue weighted by Crippen LogP contribution is -2.23. The second-order valence-corrected chi connectivity index (χ2v) is 7.65. The monoisotopic (exact) mass is 385 g/mol. The van der Waals surface area contributed by atoms with Crippen LogP contribution in [0.5, 0.6) is 0 Å². The highest BCUT2D eigenvalue weighted by molar-refractivity contribution is 9.10. The third-order valence-electron chi connectivity index (χ3n) is 2.42. The maximum atomic E-state index is 12.2. The van der Waals surface area contributed by atoms with Gasteiger partial charge in [-0.05, 0) is 28.1 Å². The molecule has 0 radical (unpaired) electrons. The molecule has 2 aromatic heterocycles. The number of aromatic nitrogens is 1. The summed E-state index contributed by atoms with van der Waals surface area (Å²) in [4.78, 5) is 4.90. The molecule has 0 saturated heterocycles. The van der Waals surface area contributed by atoms with Gasteiger partial charge in [0.2, 0.25) is 10.0 Å². The summed E-state index contributed by atoms with van der Waals surface area (Å²) < 4.78 is 27.9. The van der Waals surface area contributed by atoms with Crippen LogP contribution in [0, 0.1) is 11.8 Å². The number of rotatable bonds is 4. The van der Waals surface area contributed by atoms with E-state index in [1.165, 1.54) is 29.8 Å². The molecule has 0 aromatic carbocycles. The fraction of sp³-hybridized carbons (Fsp3) is 0.154. The van der Waals surface area contributed by atoms with Gasteiger partial charge in [0, 0.05) is 39.2 Å². The topological polar surface area (TPSA) is 85.1 Å². The molecule has 0 amide bonds. The Morgan fingerprint density at radius 1 is 1.38 bits per heavy atom. The highest BCUT2D eigenvalue weighted by Gasteiger charge is 2.15. The van der Waals surface area contributed by atoms with E-state index in [1.807, 2.05) is 11.4 Å². The summed E-state index contributed by atoms with van der Waals surface area (Å²) in [7, 11) is -3.62. The fourth-order valence-corrected chi connectivity index (χ4v) is 3.96. The molecule has 0 bridgehead atoms. The first-order valence-corrected chi connectivity index (χ1v) is 9.03. The van der Waals surface area contributed by atoms with Crippen molar-refractivity contribution in [3.63, 3.8) is 0 Å². The van der Waals surface area contributed by atoms with Crippen LogP contribution in [0.15, 0.2) is 39.3 Å². The van der Waals surface area contributed by atoms with E-state index in [9.17, 15) is 8.42 Å². The smallest absolute Gasteiger partial charge is 0.242 e. The molecule has 8 heteroatoms. The minimum absolute atomic E-state index is 0.0851. The summed E-state index contributed by atoms with van der Waals surface area (Å²) in [6.45, 7) is 0.444. The second-order valence-electron chi connectivity index (χ2n) is 3.97. The lowest BCUT2D eigenvalue weighted by atomic mass is 10.3. The summed E-state index contributed by atoms with van der Waals surface area (Å²) in [5, 5.41) is 1.90. The maximum absolute atomic E-state index is 12.2. The molecule has 2 heterocycles. The number of pyridine rings is 1. The molecule has 0 saturated carbocycles. The Morgan fingerprint density at radius 2 is 2.19 bits per heavy atom. The third kappa shape index (κ3) is 4.62. The Labute approximate surface area is 135 Å². The molecular weight excluding hydrogens is 374 g/mol. The molecule has 0 aliphatic rings.